The Morgan fingerprint density at radius 2 is 2.06 bits per heavy atom. The van der Waals surface area contributed by atoms with E-state index >= 15 is 0 Å². The van der Waals surface area contributed by atoms with E-state index in [-0.39, 0.29) is 6.61 Å². The molecule has 0 heterocycles. The third-order valence-electron chi connectivity index (χ3n) is 2.19. The lowest BCUT2D eigenvalue weighted by Crippen LogP contribution is -2.31. The summed E-state index contributed by atoms with van der Waals surface area (Å²) in [5.41, 5.74) is 1.23. The zero-order valence-electron chi connectivity index (χ0n) is 9.88. The van der Waals surface area contributed by atoms with E-state index in [1.165, 1.54) is 7.11 Å². The number of hydroxylamine groups is 2. The van der Waals surface area contributed by atoms with Gasteiger partial charge < -0.3 is 4.74 Å². The first kappa shape index (κ1) is 13.3. The highest BCUT2D eigenvalue weighted by atomic mass is 16.7. The van der Waals surface area contributed by atoms with Crippen LogP contribution in [0.3, 0.4) is 0 Å². The zero-order valence-corrected chi connectivity index (χ0v) is 9.88. The van der Waals surface area contributed by atoms with E-state index in [1.54, 1.807) is 25.1 Å². The predicted molar refractivity (Wildman–Crippen MR) is 61.2 cm³/mol. The summed E-state index contributed by atoms with van der Waals surface area (Å²) in [6.45, 7) is 2.25. The van der Waals surface area contributed by atoms with Crippen molar-refractivity contribution in [3.05, 3.63) is 35.4 Å². The first-order valence-electron chi connectivity index (χ1n) is 5.17. The van der Waals surface area contributed by atoms with Crippen molar-refractivity contribution in [2.24, 2.45) is 0 Å². The molecule has 1 aromatic rings. The average Bonchev–Trinajstić information content (AvgIpc) is 2.35. The number of benzene rings is 1. The van der Waals surface area contributed by atoms with E-state index in [0.717, 1.165) is 5.56 Å². The van der Waals surface area contributed by atoms with E-state index < -0.39 is 5.91 Å². The third-order valence-corrected chi connectivity index (χ3v) is 2.19. The molecular formula is C12H15NO4. The van der Waals surface area contributed by atoms with Crippen molar-refractivity contribution in [3.63, 3.8) is 0 Å². The van der Waals surface area contributed by atoms with Crippen molar-refractivity contribution in [1.82, 2.24) is 5.06 Å². The van der Waals surface area contributed by atoms with Crippen LogP contribution < -0.4 is 0 Å². The van der Waals surface area contributed by atoms with Gasteiger partial charge in [0.25, 0.3) is 5.91 Å². The van der Waals surface area contributed by atoms with E-state index in [9.17, 15) is 9.59 Å². The van der Waals surface area contributed by atoms with E-state index in [4.69, 9.17) is 9.57 Å². The number of methoxy groups -OCH3 is 1. The lowest BCUT2D eigenvalue weighted by molar-refractivity contribution is -0.158. The lowest BCUT2D eigenvalue weighted by atomic mass is 10.1. The van der Waals surface area contributed by atoms with Crippen molar-refractivity contribution in [2.45, 2.75) is 6.92 Å². The molecule has 0 aromatic heterocycles. The molecule has 0 fully saturated rings. The highest BCUT2D eigenvalue weighted by Crippen LogP contribution is 2.09. The maximum Gasteiger partial charge on any atom is 0.284 e. The van der Waals surface area contributed by atoms with Gasteiger partial charge in [-0.2, -0.15) is 5.06 Å². The Bertz CT molecular complexity index is 392. The molecule has 1 aromatic carbocycles. The summed E-state index contributed by atoms with van der Waals surface area (Å²) in [5, 5.41) is 0.682. The number of amides is 2. The van der Waals surface area contributed by atoms with Gasteiger partial charge in [-0.15, -0.1) is 0 Å². The normalized spacial score (nSPS) is 10.0. The van der Waals surface area contributed by atoms with Gasteiger partial charge in [0.05, 0.1) is 13.2 Å². The first-order chi connectivity index (χ1) is 8.20. The van der Waals surface area contributed by atoms with Gasteiger partial charge in [0, 0.05) is 12.7 Å². The minimum absolute atomic E-state index is 0.146. The quantitative estimate of drug-likeness (QED) is 0.423. The fourth-order valence-electron chi connectivity index (χ4n) is 1.29. The molecule has 0 aliphatic heterocycles. The smallest absolute Gasteiger partial charge is 0.284 e. The second-order valence-electron chi connectivity index (χ2n) is 3.38. The Morgan fingerprint density at radius 3 is 2.65 bits per heavy atom. The number of hydrogen-bond donors (Lipinski definition) is 0. The molecular weight excluding hydrogens is 222 g/mol. The van der Waals surface area contributed by atoms with Crippen molar-refractivity contribution in [3.8, 4) is 0 Å². The van der Waals surface area contributed by atoms with Crippen LogP contribution in [0.5, 0.6) is 0 Å². The molecule has 0 spiro atoms. The van der Waals surface area contributed by atoms with E-state index in [0.29, 0.717) is 23.6 Å². The first-order valence-corrected chi connectivity index (χ1v) is 5.17. The van der Waals surface area contributed by atoms with Crippen molar-refractivity contribution in [2.75, 3.05) is 20.3 Å². The number of carbonyl (C=O) groups is 2. The van der Waals surface area contributed by atoms with E-state index in [2.05, 4.69) is 0 Å². The van der Waals surface area contributed by atoms with Crippen molar-refractivity contribution >= 4 is 12.3 Å². The van der Waals surface area contributed by atoms with Crippen LogP contribution >= 0.6 is 0 Å². The topological polar surface area (TPSA) is 55.8 Å². The Labute approximate surface area is 99.9 Å². The minimum Gasteiger partial charge on any atom is -0.382 e. The summed E-state index contributed by atoms with van der Waals surface area (Å²) in [4.78, 5) is 27.7. The van der Waals surface area contributed by atoms with Gasteiger partial charge in [-0.3, -0.25) is 14.4 Å². The molecule has 5 nitrogen and oxygen atoms in total. The average molecular weight is 237 g/mol. The summed E-state index contributed by atoms with van der Waals surface area (Å²) in [6.07, 6.45) is 0.352. The number of ether oxygens (including phenoxy) is 1. The summed E-state index contributed by atoms with van der Waals surface area (Å²) in [5.74, 6) is -0.478. The highest BCUT2D eigenvalue weighted by Gasteiger charge is 2.17. The lowest BCUT2D eigenvalue weighted by Gasteiger charge is -2.15. The fourth-order valence-corrected chi connectivity index (χ4v) is 1.29. The van der Waals surface area contributed by atoms with Gasteiger partial charge in [-0.25, -0.2) is 0 Å². The maximum atomic E-state index is 11.9. The minimum atomic E-state index is -0.478. The monoisotopic (exact) mass is 237 g/mol. The fraction of sp³-hybridized carbons (Fsp3) is 0.333. The molecule has 0 saturated carbocycles. The zero-order chi connectivity index (χ0) is 12.7. The SMILES string of the molecule is COCCON(C=O)C(=O)c1ccccc1C. The molecule has 0 saturated heterocycles. The van der Waals surface area contributed by atoms with Gasteiger partial charge in [0.2, 0.25) is 6.41 Å². The molecule has 1 rings (SSSR count). The number of carbonyl (C=O) groups excluding carboxylic acids is 2. The number of imide groups is 1. The van der Waals surface area contributed by atoms with Gasteiger partial charge in [-0.05, 0) is 18.6 Å². The number of nitrogens with zero attached hydrogens (tertiary/aromatic N) is 1. The molecule has 17 heavy (non-hydrogen) atoms. The molecule has 0 N–H and O–H groups in total. The molecule has 0 bridgehead atoms. The van der Waals surface area contributed by atoms with Gasteiger partial charge >= 0.3 is 0 Å². The number of hydrogen-bond acceptors (Lipinski definition) is 4. The van der Waals surface area contributed by atoms with Crippen LogP contribution in [0, 0.1) is 6.92 Å². The molecule has 0 radical (unpaired) electrons. The third kappa shape index (κ3) is 3.65. The van der Waals surface area contributed by atoms with Crippen LogP contribution in [-0.4, -0.2) is 37.7 Å². The molecule has 0 unspecified atom stereocenters. The van der Waals surface area contributed by atoms with Crippen molar-refractivity contribution in [1.29, 1.82) is 0 Å². The van der Waals surface area contributed by atoms with Crippen LogP contribution in [0.1, 0.15) is 15.9 Å². The van der Waals surface area contributed by atoms with Crippen LogP contribution in [0.25, 0.3) is 0 Å². The van der Waals surface area contributed by atoms with Crippen LogP contribution in [0.4, 0.5) is 0 Å². The summed E-state index contributed by atoms with van der Waals surface area (Å²) in [7, 11) is 1.51. The Balaban J connectivity index is 2.72. The van der Waals surface area contributed by atoms with Gasteiger partial charge in [-0.1, -0.05) is 18.2 Å². The Hall–Kier alpha value is -1.72. The van der Waals surface area contributed by atoms with Gasteiger partial charge in [0.15, 0.2) is 0 Å². The summed E-state index contributed by atoms with van der Waals surface area (Å²) < 4.78 is 4.77. The number of aryl methyl sites for hydroxylation is 1. The highest BCUT2D eigenvalue weighted by molar-refractivity contribution is 5.99. The van der Waals surface area contributed by atoms with E-state index in [1.807, 2.05) is 6.07 Å². The molecule has 0 aliphatic rings. The second kappa shape index (κ2) is 6.78. The summed E-state index contributed by atoms with van der Waals surface area (Å²) >= 11 is 0. The molecule has 92 valence electrons. The molecule has 0 atom stereocenters. The molecule has 2 amide bonds. The predicted octanol–water partition coefficient (Wildman–Crippen LogP) is 1.17. The Morgan fingerprint density at radius 1 is 1.35 bits per heavy atom. The Kier molecular flexibility index (Phi) is 5.32. The molecule has 5 heteroatoms. The molecule has 0 aliphatic carbocycles. The van der Waals surface area contributed by atoms with Crippen LogP contribution in [0.2, 0.25) is 0 Å². The maximum absolute atomic E-state index is 11.9. The summed E-state index contributed by atoms with van der Waals surface area (Å²) in [6, 6.07) is 7.00. The number of rotatable bonds is 6. The van der Waals surface area contributed by atoms with Crippen LogP contribution in [0.15, 0.2) is 24.3 Å². The second-order valence-corrected chi connectivity index (χ2v) is 3.38. The standard InChI is InChI=1S/C12H15NO4/c1-10-5-3-4-6-11(10)12(15)13(9-14)17-8-7-16-2/h3-6,9H,7-8H2,1-2H3. The van der Waals surface area contributed by atoms with Gasteiger partial charge in [0.1, 0.15) is 0 Å². The largest absolute Gasteiger partial charge is 0.382 e. The van der Waals surface area contributed by atoms with Crippen molar-refractivity contribution < 1.29 is 19.2 Å². The van der Waals surface area contributed by atoms with Crippen LogP contribution in [-0.2, 0) is 14.4 Å².